The van der Waals surface area contributed by atoms with Crippen LogP contribution in [-0.4, -0.2) is 33.3 Å². The fraction of sp³-hybridized carbons (Fsp3) is 0.348. The summed E-state index contributed by atoms with van der Waals surface area (Å²) in [5.41, 5.74) is 3.27. The molecule has 2 N–H and O–H groups in total. The number of benzene rings is 2. The summed E-state index contributed by atoms with van der Waals surface area (Å²) in [6.45, 7) is 6.03. The van der Waals surface area contributed by atoms with Gasteiger partial charge in [-0.15, -0.1) is 30.4 Å². The van der Waals surface area contributed by atoms with Crippen LogP contribution in [0.15, 0.2) is 41.4 Å². The lowest BCUT2D eigenvalue weighted by Gasteiger charge is -2.16. The summed E-state index contributed by atoms with van der Waals surface area (Å²) in [7, 11) is 3.34. The van der Waals surface area contributed by atoms with Crippen LogP contribution in [0.3, 0.4) is 0 Å². The lowest BCUT2D eigenvalue weighted by Crippen LogP contribution is -2.36. The van der Waals surface area contributed by atoms with E-state index < -0.39 is 0 Å². The fourth-order valence-corrected chi connectivity index (χ4v) is 2.75. The van der Waals surface area contributed by atoms with Crippen molar-refractivity contribution in [2.45, 2.75) is 26.9 Å². The number of guanidine groups is 1. The first kappa shape index (κ1) is 25.4. The minimum Gasteiger partial charge on any atom is -0.494 e. The van der Waals surface area contributed by atoms with E-state index >= 15 is 0 Å². The molecular formula is C23H30IN3O3. The van der Waals surface area contributed by atoms with Crippen molar-refractivity contribution in [2.75, 3.05) is 27.4 Å². The average molecular weight is 523 g/mol. The van der Waals surface area contributed by atoms with Crippen molar-refractivity contribution in [3.8, 4) is 29.6 Å². The number of methoxy groups -OCH3 is 1. The molecule has 0 saturated carbocycles. The molecule has 162 valence electrons. The Morgan fingerprint density at radius 1 is 1.03 bits per heavy atom. The maximum Gasteiger partial charge on any atom is 0.191 e. The summed E-state index contributed by atoms with van der Waals surface area (Å²) in [4.78, 5) is 4.29. The van der Waals surface area contributed by atoms with Crippen molar-refractivity contribution in [1.82, 2.24) is 10.6 Å². The maximum atomic E-state index is 5.74. The number of hydrogen-bond donors (Lipinski definition) is 2. The molecular weight excluding hydrogens is 493 g/mol. The largest absolute Gasteiger partial charge is 0.494 e. The molecule has 0 radical (unpaired) electrons. The van der Waals surface area contributed by atoms with Gasteiger partial charge >= 0.3 is 0 Å². The molecule has 0 aliphatic carbocycles. The monoisotopic (exact) mass is 523 g/mol. The smallest absolute Gasteiger partial charge is 0.191 e. The fourth-order valence-electron chi connectivity index (χ4n) is 2.75. The maximum absolute atomic E-state index is 5.74. The number of ether oxygens (including phenoxy) is 3. The Kier molecular flexibility index (Phi) is 11.5. The molecule has 0 aromatic heterocycles. The van der Waals surface area contributed by atoms with E-state index in [0.717, 1.165) is 16.9 Å². The summed E-state index contributed by atoms with van der Waals surface area (Å²) in [6.07, 6.45) is 5.28. The van der Waals surface area contributed by atoms with E-state index in [0.29, 0.717) is 37.2 Å². The Morgan fingerprint density at radius 3 is 2.47 bits per heavy atom. The van der Waals surface area contributed by atoms with Crippen LogP contribution in [0, 0.1) is 19.3 Å². The molecule has 0 heterocycles. The molecule has 0 aliphatic rings. The normalized spacial score (nSPS) is 10.4. The average Bonchev–Trinajstić information content (AvgIpc) is 2.73. The molecule has 2 aromatic rings. The third kappa shape index (κ3) is 7.67. The van der Waals surface area contributed by atoms with Crippen LogP contribution in [0.4, 0.5) is 0 Å². The lowest BCUT2D eigenvalue weighted by atomic mass is 10.1. The zero-order valence-corrected chi connectivity index (χ0v) is 20.3. The number of nitrogens with zero attached hydrogens (tertiary/aromatic N) is 1. The van der Waals surface area contributed by atoms with E-state index in [2.05, 4.69) is 40.6 Å². The van der Waals surface area contributed by atoms with Gasteiger partial charge in [0.15, 0.2) is 17.5 Å². The third-order valence-corrected chi connectivity index (χ3v) is 4.19. The molecule has 0 atom stereocenters. The van der Waals surface area contributed by atoms with Crippen LogP contribution >= 0.6 is 24.0 Å². The van der Waals surface area contributed by atoms with Gasteiger partial charge in [-0.05, 0) is 43.2 Å². The van der Waals surface area contributed by atoms with Gasteiger partial charge in [0.25, 0.3) is 0 Å². The second-order valence-corrected chi connectivity index (χ2v) is 6.30. The van der Waals surface area contributed by atoms with Gasteiger partial charge in [0, 0.05) is 25.7 Å². The Balaban J connectivity index is 0.00000450. The van der Waals surface area contributed by atoms with Gasteiger partial charge in [-0.3, -0.25) is 4.99 Å². The minimum atomic E-state index is 0. The second-order valence-electron chi connectivity index (χ2n) is 6.30. The number of aryl methyl sites for hydroxylation is 1. The molecule has 0 saturated heterocycles. The SMILES string of the molecule is C#CCOc1cc(CNC(=NC)NCc2ccc(C)cc2OCC)ccc1OC.I. The highest BCUT2D eigenvalue weighted by Crippen LogP contribution is 2.28. The number of aliphatic imine (C=N–C) groups is 1. The molecule has 0 fully saturated rings. The van der Waals surface area contributed by atoms with Gasteiger partial charge in [0.2, 0.25) is 0 Å². The second kappa shape index (κ2) is 13.6. The summed E-state index contributed by atoms with van der Waals surface area (Å²) in [5, 5.41) is 6.62. The zero-order chi connectivity index (χ0) is 21.1. The summed E-state index contributed by atoms with van der Waals surface area (Å²) in [5.74, 6) is 5.31. The Bertz CT molecular complexity index is 878. The molecule has 2 rings (SSSR count). The first-order valence-corrected chi connectivity index (χ1v) is 9.51. The lowest BCUT2D eigenvalue weighted by molar-refractivity contribution is 0.330. The highest BCUT2D eigenvalue weighted by Gasteiger charge is 2.08. The predicted octanol–water partition coefficient (Wildman–Crippen LogP) is 3.90. The topological polar surface area (TPSA) is 64.1 Å². The van der Waals surface area contributed by atoms with Crippen molar-refractivity contribution < 1.29 is 14.2 Å². The van der Waals surface area contributed by atoms with Gasteiger partial charge in [-0.2, -0.15) is 0 Å². The molecule has 0 amide bonds. The minimum absolute atomic E-state index is 0. The first-order valence-electron chi connectivity index (χ1n) is 9.51. The highest BCUT2D eigenvalue weighted by atomic mass is 127. The van der Waals surface area contributed by atoms with Crippen LogP contribution in [0.1, 0.15) is 23.6 Å². The number of halogens is 1. The first-order chi connectivity index (χ1) is 14.1. The quantitative estimate of drug-likeness (QED) is 0.226. The number of hydrogen-bond acceptors (Lipinski definition) is 4. The van der Waals surface area contributed by atoms with Crippen molar-refractivity contribution in [3.63, 3.8) is 0 Å². The standard InChI is InChI=1S/C23H29N3O3.HI/c1-6-12-29-22-14-18(9-11-20(22)27-5)15-25-23(24-4)26-16-19-10-8-17(3)13-21(19)28-7-2;/h1,8-11,13-14H,7,12,15-16H2,2-5H3,(H2,24,25,26);1H. The summed E-state index contributed by atoms with van der Waals surface area (Å²) < 4.78 is 16.6. The molecule has 0 unspecified atom stereocenters. The number of nitrogens with one attached hydrogen (secondary N) is 2. The molecule has 0 aliphatic heterocycles. The molecule has 0 bridgehead atoms. The van der Waals surface area contributed by atoms with Gasteiger partial charge in [-0.1, -0.05) is 24.1 Å². The van der Waals surface area contributed by atoms with Crippen LogP contribution < -0.4 is 24.8 Å². The summed E-state index contributed by atoms with van der Waals surface area (Å²) in [6, 6.07) is 11.9. The van der Waals surface area contributed by atoms with E-state index in [1.54, 1.807) is 14.2 Å². The summed E-state index contributed by atoms with van der Waals surface area (Å²) >= 11 is 0. The predicted molar refractivity (Wildman–Crippen MR) is 132 cm³/mol. The van der Waals surface area contributed by atoms with Crippen molar-refractivity contribution in [3.05, 3.63) is 53.1 Å². The van der Waals surface area contributed by atoms with E-state index in [-0.39, 0.29) is 30.6 Å². The van der Waals surface area contributed by atoms with Crippen molar-refractivity contribution in [2.24, 2.45) is 4.99 Å². The number of rotatable bonds is 9. The third-order valence-electron chi connectivity index (χ3n) is 4.19. The van der Waals surface area contributed by atoms with Gasteiger partial charge in [-0.25, -0.2) is 0 Å². The van der Waals surface area contributed by atoms with Crippen LogP contribution in [0.25, 0.3) is 0 Å². The van der Waals surface area contributed by atoms with Crippen LogP contribution in [-0.2, 0) is 13.1 Å². The van der Waals surface area contributed by atoms with E-state index in [1.807, 2.05) is 31.2 Å². The van der Waals surface area contributed by atoms with E-state index in [1.165, 1.54) is 5.56 Å². The Hall–Kier alpha value is -2.60. The molecule has 2 aromatic carbocycles. The Labute approximate surface area is 196 Å². The van der Waals surface area contributed by atoms with Crippen LogP contribution in [0.2, 0.25) is 0 Å². The van der Waals surface area contributed by atoms with Gasteiger partial charge < -0.3 is 24.8 Å². The van der Waals surface area contributed by atoms with Gasteiger partial charge in [0.1, 0.15) is 12.4 Å². The van der Waals surface area contributed by atoms with Gasteiger partial charge in [0.05, 0.1) is 13.7 Å². The molecule has 7 heteroatoms. The highest BCUT2D eigenvalue weighted by molar-refractivity contribution is 14.0. The van der Waals surface area contributed by atoms with E-state index in [4.69, 9.17) is 20.6 Å². The number of terminal acetylenes is 1. The molecule has 0 spiro atoms. The van der Waals surface area contributed by atoms with Crippen molar-refractivity contribution in [1.29, 1.82) is 0 Å². The molecule has 30 heavy (non-hydrogen) atoms. The zero-order valence-electron chi connectivity index (χ0n) is 18.0. The molecule has 6 nitrogen and oxygen atoms in total. The van der Waals surface area contributed by atoms with Crippen LogP contribution in [0.5, 0.6) is 17.2 Å². The van der Waals surface area contributed by atoms with E-state index in [9.17, 15) is 0 Å². The van der Waals surface area contributed by atoms with Crippen molar-refractivity contribution >= 4 is 29.9 Å². The Morgan fingerprint density at radius 2 is 1.80 bits per heavy atom.